The van der Waals surface area contributed by atoms with Crippen molar-refractivity contribution < 1.29 is 4.79 Å². The zero-order valence-corrected chi connectivity index (χ0v) is 8.04. The molecular formula is C10H18N2O. The summed E-state index contributed by atoms with van der Waals surface area (Å²) in [5.74, 6) is 0.745. The van der Waals surface area contributed by atoms with Crippen LogP contribution in [0.2, 0.25) is 0 Å². The first-order chi connectivity index (χ1) is 6.29. The Morgan fingerprint density at radius 2 is 1.85 bits per heavy atom. The van der Waals surface area contributed by atoms with Crippen LogP contribution in [-0.2, 0) is 0 Å². The quantitative estimate of drug-likeness (QED) is 0.609. The second-order valence-corrected chi connectivity index (χ2v) is 4.29. The number of fused-ring (bicyclic) bond motifs is 1. The highest BCUT2D eigenvalue weighted by Gasteiger charge is 2.34. The van der Waals surface area contributed by atoms with Gasteiger partial charge in [-0.3, -0.25) is 0 Å². The standard InChI is InChI=1S/C10H18N2O/c11-10(13)12-7-3-5-8-4-1-2-6-9(8)12/h8-9H,1-7H2,(H2,11,13)/t8-,9-/m0/s1. The first-order valence-electron chi connectivity index (χ1n) is 5.35. The molecule has 0 unspecified atom stereocenters. The third-order valence-corrected chi connectivity index (χ3v) is 3.53. The van der Waals surface area contributed by atoms with E-state index in [0.29, 0.717) is 6.04 Å². The summed E-state index contributed by atoms with van der Waals surface area (Å²) in [7, 11) is 0. The number of hydrogen-bond acceptors (Lipinski definition) is 1. The van der Waals surface area contributed by atoms with Gasteiger partial charge < -0.3 is 10.6 Å². The van der Waals surface area contributed by atoms with Crippen LogP contribution in [-0.4, -0.2) is 23.5 Å². The van der Waals surface area contributed by atoms with Crippen molar-refractivity contribution in [1.29, 1.82) is 0 Å². The molecule has 0 bridgehead atoms. The minimum Gasteiger partial charge on any atom is -0.351 e. The largest absolute Gasteiger partial charge is 0.351 e. The number of nitrogens with zero attached hydrogens (tertiary/aromatic N) is 1. The number of primary amides is 1. The molecule has 1 heterocycles. The molecule has 2 aliphatic rings. The Labute approximate surface area is 79.3 Å². The molecule has 1 saturated heterocycles. The van der Waals surface area contributed by atoms with E-state index in [2.05, 4.69) is 0 Å². The molecule has 2 fully saturated rings. The van der Waals surface area contributed by atoms with Gasteiger partial charge in [0.05, 0.1) is 0 Å². The summed E-state index contributed by atoms with van der Waals surface area (Å²) in [6, 6.07) is 0.261. The molecule has 0 aromatic rings. The molecule has 3 heteroatoms. The topological polar surface area (TPSA) is 46.3 Å². The van der Waals surface area contributed by atoms with E-state index in [0.717, 1.165) is 18.9 Å². The predicted molar refractivity (Wildman–Crippen MR) is 51.3 cm³/mol. The highest BCUT2D eigenvalue weighted by atomic mass is 16.2. The fourth-order valence-electron chi connectivity index (χ4n) is 2.90. The van der Waals surface area contributed by atoms with Gasteiger partial charge in [0.1, 0.15) is 0 Å². The molecule has 13 heavy (non-hydrogen) atoms. The number of likely N-dealkylation sites (tertiary alicyclic amines) is 1. The van der Waals surface area contributed by atoms with E-state index >= 15 is 0 Å². The highest BCUT2D eigenvalue weighted by molar-refractivity contribution is 5.72. The second-order valence-electron chi connectivity index (χ2n) is 4.29. The Morgan fingerprint density at radius 3 is 2.62 bits per heavy atom. The van der Waals surface area contributed by atoms with Gasteiger partial charge in [0.25, 0.3) is 0 Å². The van der Waals surface area contributed by atoms with E-state index in [1.165, 1.54) is 32.1 Å². The maximum Gasteiger partial charge on any atom is 0.315 e. The number of amides is 2. The van der Waals surface area contributed by atoms with E-state index in [-0.39, 0.29) is 6.03 Å². The van der Waals surface area contributed by atoms with Crippen molar-refractivity contribution in [2.24, 2.45) is 11.7 Å². The fraction of sp³-hybridized carbons (Fsp3) is 0.900. The minimum atomic E-state index is -0.211. The Hall–Kier alpha value is -0.730. The lowest BCUT2D eigenvalue weighted by molar-refractivity contribution is 0.0888. The lowest BCUT2D eigenvalue weighted by Crippen LogP contribution is -2.51. The van der Waals surface area contributed by atoms with Crippen molar-refractivity contribution in [3.63, 3.8) is 0 Å². The van der Waals surface area contributed by atoms with Crippen molar-refractivity contribution >= 4 is 6.03 Å². The van der Waals surface area contributed by atoms with Gasteiger partial charge >= 0.3 is 6.03 Å². The first-order valence-corrected chi connectivity index (χ1v) is 5.35. The summed E-state index contributed by atoms with van der Waals surface area (Å²) in [6.07, 6.45) is 7.53. The van der Waals surface area contributed by atoms with Crippen LogP contribution in [0.3, 0.4) is 0 Å². The third-order valence-electron chi connectivity index (χ3n) is 3.53. The fourth-order valence-corrected chi connectivity index (χ4v) is 2.90. The molecule has 0 aromatic carbocycles. The predicted octanol–water partition coefficient (Wildman–Crippen LogP) is 1.72. The summed E-state index contributed by atoms with van der Waals surface area (Å²) in [4.78, 5) is 13.1. The van der Waals surface area contributed by atoms with Gasteiger partial charge in [-0.25, -0.2) is 4.79 Å². The molecule has 3 nitrogen and oxygen atoms in total. The van der Waals surface area contributed by atoms with Crippen LogP contribution in [0.5, 0.6) is 0 Å². The van der Waals surface area contributed by atoms with Crippen LogP contribution in [0.15, 0.2) is 0 Å². The molecule has 1 aliphatic carbocycles. The number of carbonyl (C=O) groups excluding carboxylic acids is 1. The third kappa shape index (κ3) is 1.64. The first kappa shape index (κ1) is 8.85. The smallest absolute Gasteiger partial charge is 0.315 e. The SMILES string of the molecule is NC(=O)N1CCC[C@@H]2CCCC[C@@H]21. The van der Waals surface area contributed by atoms with Crippen molar-refractivity contribution in [2.75, 3.05) is 6.54 Å². The van der Waals surface area contributed by atoms with Crippen LogP contribution in [0, 0.1) is 5.92 Å². The summed E-state index contributed by atoms with van der Waals surface area (Å²) in [5, 5.41) is 0. The normalized spacial score (nSPS) is 34.0. The molecule has 2 amide bonds. The van der Waals surface area contributed by atoms with Gasteiger partial charge in [-0.2, -0.15) is 0 Å². The van der Waals surface area contributed by atoms with Crippen LogP contribution in [0.4, 0.5) is 4.79 Å². The molecule has 0 spiro atoms. The molecular weight excluding hydrogens is 164 g/mol. The molecule has 1 aliphatic heterocycles. The van der Waals surface area contributed by atoms with E-state index in [1.807, 2.05) is 4.90 Å². The summed E-state index contributed by atoms with van der Waals surface area (Å²) < 4.78 is 0. The maximum absolute atomic E-state index is 11.2. The summed E-state index contributed by atoms with van der Waals surface area (Å²) in [6.45, 7) is 0.885. The van der Waals surface area contributed by atoms with E-state index < -0.39 is 0 Å². The maximum atomic E-state index is 11.2. The summed E-state index contributed by atoms with van der Waals surface area (Å²) in [5.41, 5.74) is 5.36. The van der Waals surface area contributed by atoms with Crippen LogP contribution in [0.25, 0.3) is 0 Å². The average Bonchev–Trinajstić information content (AvgIpc) is 2.17. The zero-order valence-electron chi connectivity index (χ0n) is 8.04. The monoisotopic (exact) mass is 182 g/mol. The molecule has 74 valence electrons. The lowest BCUT2D eigenvalue weighted by Gasteiger charge is -2.43. The van der Waals surface area contributed by atoms with Crippen LogP contribution < -0.4 is 5.73 Å². The van der Waals surface area contributed by atoms with E-state index in [9.17, 15) is 4.79 Å². The molecule has 0 aromatic heterocycles. The van der Waals surface area contributed by atoms with E-state index in [1.54, 1.807) is 0 Å². The van der Waals surface area contributed by atoms with Gasteiger partial charge in [0.2, 0.25) is 0 Å². The van der Waals surface area contributed by atoms with Crippen LogP contribution >= 0.6 is 0 Å². The Morgan fingerprint density at radius 1 is 1.15 bits per heavy atom. The van der Waals surface area contributed by atoms with Crippen molar-refractivity contribution in [2.45, 2.75) is 44.6 Å². The minimum absolute atomic E-state index is 0.211. The summed E-state index contributed by atoms with van der Waals surface area (Å²) >= 11 is 0. The lowest BCUT2D eigenvalue weighted by atomic mass is 9.78. The van der Waals surface area contributed by atoms with Gasteiger partial charge in [-0.1, -0.05) is 12.8 Å². The molecule has 2 rings (SSSR count). The Kier molecular flexibility index (Phi) is 2.42. The van der Waals surface area contributed by atoms with Gasteiger partial charge in [-0.15, -0.1) is 0 Å². The molecule has 1 saturated carbocycles. The van der Waals surface area contributed by atoms with Gasteiger partial charge in [0.15, 0.2) is 0 Å². The average molecular weight is 182 g/mol. The zero-order chi connectivity index (χ0) is 9.26. The van der Waals surface area contributed by atoms with Crippen LogP contribution in [0.1, 0.15) is 38.5 Å². The second kappa shape index (κ2) is 3.56. The number of hydrogen-bond donors (Lipinski definition) is 1. The molecule has 2 atom stereocenters. The number of nitrogens with two attached hydrogens (primary N) is 1. The number of piperidine rings is 1. The van der Waals surface area contributed by atoms with Crippen molar-refractivity contribution in [1.82, 2.24) is 4.90 Å². The van der Waals surface area contributed by atoms with Gasteiger partial charge in [-0.05, 0) is 31.6 Å². The number of rotatable bonds is 0. The van der Waals surface area contributed by atoms with Crippen molar-refractivity contribution in [3.8, 4) is 0 Å². The van der Waals surface area contributed by atoms with Gasteiger partial charge in [0, 0.05) is 12.6 Å². The Bertz CT molecular complexity index is 203. The number of urea groups is 1. The van der Waals surface area contributed by atoms with E-state index in [4.69, 9.17) is 5.73 Å². The molecule has 0 radical (unpaired) electrons. The Balaban J connectivity index is 2.06. The molecule has 2 N–H and O–H groups in total. The highest BCUT2D eigenvalue weighted by Crippen LogP contribution is 2.34. The van der Waals surface area contributed by atoms with Crippen molar-refractivity contribution in [3.05, 3.63) is 0 Å². The number of carbonyl (C=O) groups is 1.